The topological polar surface area (TPSA) is 83.8 Å². The third-order valence-corrected chi connectivity index (χ3v) is 10.0. The van der Waals surface area contributed by atoms with E-state index < -0.39 is 36.8 Å². The first kappa shape index (κ1) is 32.3. The average molecular weight is 664 g/mol. The molecule has 1 atom stereocenters. The van der Waals surface area contributed by atoms with Gasteiger partial charge in [0.2, 0.25) is 0 Å². The maximum atomic E-state index is 17.0. The molecule has 12 heteroatoms. The highest BCUT2D eigenvalue weighted by Gasteiger charge is 2.46. The van der Waals surface area contributed by atoms with E-state index in [-0.39, 0.29) is 75.9 Å². The van der Waals surface area contributed by atoms with Crippen molar-refractivity contribution in [2.75, 3.05) is 44.4 Å². The maximum Gasteiger partial charge on any atom is 0.319 e. The zero-order chi connectivity index (χ0) is 33.8. The fourth-order valence-corrected chi connectivity index (χ4v) is 7.90. The molecule has 8 rings (SSSR count). The minimum absolute atomic E-state index is 0.0284. The molecule has 4 aromatic rings. The van der Waals surface area contributed by atoms with Crippen LogP contribution in [-0.4, -0.2) is 81.9 Å². The summed E-state index contributed by atoms with van der Waals surface area (Å²) in [6, 6.07) is 4.73. The van der Waals surface area contributed by atoms with Crippen molar-refractivity contribution in [2.24, 2.45) is 0 Å². The number of halogens is 4. The highest BCUT2D eigenvalue weighted by Crippen LogP contribution is 2.43. The quantitative estimate of drug-likeness (QED) is 0.193. The first-order valence-corrected chi connectivity index (χ1v) is 16.6. The number of pyridine rings is 1. The van der Waals surface area contributed by atoms with Gasteiger partial charge in [0.25, 0.3) is 5.92 Å². The third-order valence-electron chi connectivity index (χ3n) is 10.0. The minimum Gasteiger partial charge on any atom is -0.508 e. The third kappa shape index (κ3) is 5.37. The molecular weight excluding hydrogens is 626 g/mol. The van der Waals surface area contributed by atoms with Crippen molar-refractivity contribution in [3.63, 3.8) is 0 Å². The number of nitrogens with zero attached hydrogens (tertiary/aromatic N) is 5. The molecule has 2 aromatic carbocycles. The lowest BCUT2D eigenvalue weighted by atomic mass is 9.95. The van der Waals surface area contributed by atoms with Crippen LogP contribution in [0.15, 0.2) is 24.3 Å². The van der Waals surface area contributed by atoms with Crippen LogP contribution in [0.2, 0.25) is 0 Å². The molecule has 1 unspecified atom stereocenters. The largest absolute Gasteiger partial charge is 0.508 e. The molecular formula is C36H37F4N5O3. The number of ether oxygens (including phenoxy) is 2. The fourth-order valence-electron chi connectivity index (χ4n) is 7.90. The van der Waals surface area contributed by atoms with Crippen LogP contribution in [0.1, 0.15) is 57.2 Å². The predicted molar refractivity (Wildman–Crippen MR) is 175 cm³/mol. The van der Waals surface area contributed by atoms with Gasteiger partial charge in [0.05, 0.1) is 41.4 Å². The number of terminal acetylenes is 1. The van der Waals surface area contributed by atoms with Crippen LogP contribution in [0.3, 0.4) is 0 Å². The summed E-state index contributed by atoms with van der Waals surface area (Å²) < 4.78 is 73.5. The Kier molecular flexibility index (Phi) is 8.32. The van der Waals surface area contributed by atoms with E-state index in [1.54, 1.807) is 0 Å². The Bertz CT molecular complexity index is 1940. The van der Waals surface area contributed by atoms with Gasteiger partial charge in [0.1, 0.15) is 41.8 Å². The van der Waals surface area contributed by atoms with E-state index in [1.165, 1.54) is 29.2 Å². The number of benzene rings is 2. The first-order chi connectivity index (χ1) is 23.2. The Morgan fingerprint density at radius 3 is 2.60 bits per heavy atom. The Balaban J connectivity index is 0.00000179. The fraction of sp³-hybridized carbons (Fsp3) is 0.472. The molecule has 6 heterocycles. The van der Waals surface area contributed by atoms with E-state index in [4.69, 9.17) is 20.9 Å². The molecule has 4 aliphatic heterocycles. The molecule has 4 aliphatic rings. The number of hydrogen-bond donors (Lipinski definition) is 1. The number of fused-ring (bicyclic) bond motifs is 4. The van der Waals surface area contributed by atoms with Crippen molar-refractivity contribution < 1.29 is 32.1 Å². The monoisotopic (exact) mass is 663 g/mol. The summed E-state index contributed by atoms with van der Waals surface area (Å²) in [4.78, 5) is 17.8. The molecule has 8 nitrogen and oxygen atoms in total. The smallest absolute Gasteiger partial charge is 0.319 e. The molecule has 252 valence electrons. The summed E-state index contributed by atoms with van der Waals surface area (Å²) in [6.07, 6.45) is 10.3. The summed E-state index contributed by atoms with van der Waals surface area (Å²) >= 11 is 0. The number of aryl methyl sites for hydroxylation is 1. The highest BCUT2D eigenvalue weighted by molar-refractivity contribution is 6.03. The Labute approximate surface area is 276 Å². The van der Waals surface area contributed by atoms with Crippen LogP contribution in [0, 0.1) is 24.0 Å². The zero-order valence-electron chi connectivity index (χ0n) is 27.0. The summed E-state index contributed by atoms with van der Waals surface area (Å²) in [5.41, 5.74) is -0.150. The van der Waals surface area contributed by atoms with Crippen molar-refractivity contribution in [1.82, 2.24) is 19.9 Å². The van der Waals surface area contributed by atoms with Gasteiger partial charge in [-0.1, -0.05) is 25.8 Å². The van der Waals surface area contributed by atoms with Crippen LogP contribution in [0.5, 0.6) is 11.8 Å². The van der Waals surface area contributed by atoms with Crippen LogP contribution in [-0.2, 0) is 11.2 Å². The van der Waals surface area contributed by atoms with Crippen LogP contribution in [0.25, 0.3) is 32.9 Å². The number of aromatic nitrogens is 3. The van der Waals surface area contributed by atoms with E-state index in [1.807, 2.05) is 13.8 Å². The second-order valence-electron chi connectivity index (χ2n) is 12.8. The van der Waals surface area contributed by atoms with Crippen LogP contribution < -0.4 is 9.64 Å². The number of anilines is 1. The zero-order valence-corrected chi connectivity index (χ0v) is 27.0. The van der Waals surface area contributed by atoms with E-state index in [9.17, 15) is 18.3 Å². The lowest BCUT2D eigenvalue weighted by Gasteiger charge is -2.32. The van der Waals surface area contributed by atoms with Gasteiger partial charge in [-0.25, -0.2) is 22.5 Å². The molecule has 0 saturated carbocycles. The van der Waals surface area contributed by atoms with Gasteiger partial charge in [-0.05, 0) is 75.2 Å². The summed E-state index contributed by atoms with van der Waals surface area (Å²) in [6.45, 7) is 4.86. The minimum atomic E-state index is -3.17. The Morgan fingerprint density at radius 1 is 1.08 bits per heavy atom. The summed E-state index contributed by atoms with van der Waals surface area (Å²) in [7, 11) is 0. The highest BCUT2D eigenvalue weighted by atomic mass is 19.3. The van der Waals surface area contributed by atoms with Gasteiger partial charge < -0.3 is 19.5 Å². The molecule has 3 fully saturated rings. The van der Waals surface area contributed by atoms with Gasteiger partial charge in [-0.15, -0.1) is 6.42 Å². The van der Waals surface area contributed by atoms with Crippen LogP contribution in [0.4, 0.5) is 23.4 Å². The van der Waals surface area contributed by atoms with Crippen molar-refractivity contribution in [2.45, 2.75) is 69.9 Å². The van der Waals surface area contributed by atoms with Crippen molar-refractivity contribution >= 4 is 27.5 Å². The standard InChI is InChI=1S/C34H31F4N5O3.C2H6/c1-2-22-24(35)7-5-19-13-21(44)14-23(26(19)22)29-28(36)30-27-25(39-29)8-6-20-15-45-18-34(37,38)16-43(20)31(27)41-32(40-30)46-17-33-9-3-11-42(33)12-4-10-33;1-2/h1,5,7,13-14,20,44H,3-4,6,8-12,15-18H2;1-2H3. The molecule has 0 radical (unpaired) electrons. The second kappa shape index (κ2) is 12.3. The predicted octanol–water partition coefficient (Wildman–Crippen LogP) is 6.63. The second-order valence-corrected chi connectivity index (χ2v) is 12.8. The van der Waals surface area contributed by atoms with Crippen molar-refractivity contribution in [3.05, 3.63) is 47.2 Å². The van der Waals surface area contributed by atoms with Gasteiger partial charge >= 0.3 is 6.01 Å². The van der Waals surface area contributed by atoms with Gasteiger partial charge in [-0.2, -0.15) is 9.97 Å². The number of phenolic OH excluding ortho intramolecular Hbond substituents is 1. The molecule has 0 spiro atoms. The lowest BCUT2D eigenvalue weighted by molar-refractivity contribution is -0.0574. The first-order valence-electron chi connectivity index (χ1n) is 16.6. The molecule has 0 aliphatic carbocycles. The van der Waals surface area contributed by atoms with E-state index in [0.29, 0.717) is 17.5 Å². The number of alkyl halides is 2. The van der Waals surface area contributed by atoms with Crippen LogP contribution >= 0.6 is 0 Å². The Hall–Kier alpha value is -4.21. The number of phenols is 1. The van der Waals surface area contributed by atoms with Gasteiger partial charge in [0, 0.05) is 10.9 Å². The molecule has 2 aromatic heterocycles. The molecule has 1 N–H and O–H groups in total. The molecule has 48 heavy (non-hydrogen) atoms. The Morgan fingerprint density at radius 2 is 1.85 bits per heavy atom. The molecule has 0 amide bonds. The van der Waals surface area contributed by atoms with E-state index in [2.05, 4.69) is 20.8 Å². The summed E-state index contributed by atoms with van der Waals surface area (Å²) in [5.74, 6) is -2.46. The molecule has 0 bridgehead atoms. The van der Waals surface area contributed by atoms with Gasteiger partial charge in [0.15, 0.2) is 5.82 Å². The van der Waals surface area contributed by atoms with Gasteiger partial charge in [-0.3, -0.25) is 4.90 Å². The average Bonchev–Trinajstić information content (AvgIpc) is 3.57. The number of hydrogen-bond acceptors (Lipinski definition) is 8. The van der Waals surface area contributed by atoms with E-state index >= 15 is 4.39 Å². The lowest BCUT2D eigenvalue weighted by Crippen LogP contribution is -2.44. The number of aromatic hydroxyl groups is 1. The normalized spacial score (nSPS) is 21.1. The van der Waals surface area contributed by atoms with E-state index in [0.717, 1.165) is 38.8 Å². The summed E-state index contributed by atoms with van der Waals surface area (Å²) in [5, 5.41) is 11.4. The maximum absolute atomic E-state index is 17.0. The van der Waals surface area contributed by atoms with Crippen molar-refractivity contribution in [1.29, 1.82) is 0 Å². The number of rotatable bonds is 4. The molecule has 3 saturated heterocycles. The van der Waals surface area contributed by atoms with Crippen molar-refractivity contribution in [3.8, 4) is 35.4 Å². The SMILES string of the molecule is C#Cc1c(F)ccc2cc(O)cc(-c3nc4c5c(nc(OCC67CCCN6CCC7)nc5c3F)N3CC(F)(F)COCC3CC4)c12.CC.